The van der Waals surface area contributed by atoms with Gasteiger partial charge in [-0.05, 0) is 43.0 Å². The Balaban J connectivity index is 2.36. The lowest BCUT2D eigenvalue weighted by Crippen LogP contribution is -2.20. The molecule has 0 saturated heterocycles. The molecule has 2 nitrogen and oxygen atoms in total. The molecule has 0 heterocycles. The number of phenolic OH excluding ortho intramolecular Hbond substituents is 1. The summed E-state index contributed by atoms with van der Waals surface area (Å²) in [6, 6.07) is 3.73. The molecule has 0 radical (unpaired) electrons. The molecule has 88 valence electrons. The van der Waals surface area contributed by atoms with Crippen LogP contribution in [0.4, 0.5) is 0 Å². The molecule has 0 aliphatic heterocycles. The molecular formula is C13H18ClNO. The van der Waals surface area contributed by atoms with E-state index in [-0.39, 0.29) is 6.04 Å². The lowest BCUT2D eigenvalue weighted by Gasteiger charge is -2.14. The van der Waals surface area contributed by atoms with Gasteiger partial charge in [-0.1, -0.05) is 25.4 Å². The third-order valence-corrected chi connectivity index (χ3v) is 3.61. The Morgan fingerprint density at radius 3 is 2.88 bits per heavy atom. The number of benzene rings is 1. The fourth-order valence-electron chi connectivity index (χ4n) is 2.56. The van der Waals surface area contributed by atoms with Crippen molar-refractivity contribution in [3.05, 3.63) is 28.3 Å². The number of hydrogen-bond acceptors (Lipinski definition) is 2. The zero-order chi connectivity index (χ0) is 11.7. The lowest BCUT2D eigenvalue weighted by atomic mass is 10.0. The van der Waals surface area contributed by atoms with E-state index in [1.165, 1.54) is 0 Å². The van der Waals surface area contributed by atoms with E-state index in [0.29, 0.717) is 11.7 Å². The summed E-state index contributed by atoms with van der Waals surface area (Å²) in [6.07, 6.45) is 2.12. The number of aromatic hydroxyl groups is 1. The van der Waals surface area contributed by atoms with Gasteiger partial charge in [-0.25, -0.2) is 0 Å². The molecule has 0 spiro atoms. The van der Waals surface area contributed by atoms with Crippen molar-refractivity contribution in [3.8, 4) is 5.75 Å². The van der Waals surface area contributed by atoms with Crippen LogP contribution in [-0.4, -0.2) is 11.7 Å². The molecule has 3 heteroatoms. The molecule has 1 aromatic rings. The number of phenols is 1. The second kappa shape index (κ2) is 4.64. The molecule has 0 fully saturated rings. The molecular weight excluding hydrogens is 222 g/mol. The van der Waals surface area contributed by atoms with Crippen molar-refractivity contribution in [2.24, 2.45) is 0 Å². The summed E-state index contributed by atoms with van der Waals surface area (Å²) in [5, 5.41) is 14.2. The van der Waals surface area contributed by atoms with Crippen LogP contribution >= 0.6 is 11.6 Å². The Morgan fingerprint density at radius 1 is 1.44 bits per heavy atom. The van der Waals surface area contributed by atoms with Gasteiger partial charge in [-0.3, -0.25) is 0 Å². The maximum absolute atomic E-state index is 9.94. The van der Waals surface area contributed by atoms with E-state index in [0.717, 1.165) is 35.5 Å². The van der Waals surface area contributed by atoms with Crippen LogP contribution in [0.2, 0.25) is 5.02 Å². The van der Waals surface area contributed by atoms with Gasteiger partial charge in [0, 0.05) is 16.6 Å². The van der Waals surface area contributed by atoms with Gasteiger partial charge in [-0.15, -0.1) is 0 Å². The Hall–Kier alpha value is -0.730. The van der Waals surface area contributed by atoms with Crippen LogP contribution < -0.4 is 5.32 Å². The largest absolute Gasteiger partial charge is 0.508 e. The highest BCUT2D eigenvalue weighted by Gasteiger charge is 2.32. The van der Waals surface area contributed by atoms with Gasteiger partial charge in [0.2, 0.25) is 0 Å². The summed E-state index contributed by atoms with van der Waals surface area (Å²) in [6.45, 7) is 5.28. The minimum absolute atomic E-state index is 0.253. The van der Waals surface area contributed by atoms with Gasteiger partial charge in [0.25, 0.3) is 0 Å². The lowest BCUT2D eigenvalue weighted by molar-refractivity contribution is 0.446. The molecule has 0 amide bonds. The molecule has 0 bridgehead atoms. The van der Waals surface area contributed by atoms with Crippen LogP contribution in [-0.2, 0) is 0 Å². The van der Waals surface area contributed by atoms with E-state index in [4.69, 9.17) is 11.6 Å². The zero-order valence-corrected chi connectivity index (χ0v) is 10.5. The monoisotopic (exact) mass is 239 g/mol. The van der Waals surface area contributed by atoms with Gasteiger partial charge in [-0.2, -0.15) is 0 Å². The maximum atomic E-state index is 9.94. The summed E-state index contributed by atoms with van der Waals surface area (Å²) >= 11 is 6.20. The van der Waals surface area contributed by atoms with Gasteiger partial charge in [0.05, 0.1) is 0 Å². The highest BCUT2D eigenvalue weighted by molar-refractivity contribution is 6.31. The quantitative estimate of drug-likeness (QED) is 0.845. The van der Waals surface area contributed by atoms with Gasteiger partial charge < -0.3 is 10.4 Å². The second-order valence-corrected chi connectivity index (χ2v) is 4.94. The van der Waals surface area contributed by atoms with Crippen LogP contribution in [0.25, 0.3) is 0 Å². The molecule has 1 aromatic carbocycles. The Labute approximate surface area is 102 Å². The summed E-state index contributed by atoms with van der Waals surface area (Å²) in [5.41, 5.74) is 2.13. The van der Waals surface area contributed by atoms with Crippen molar-refractivity contribution in [1.82, 2.24) is 5.32 Å². The van der Waals surface area contributed by atoms with Gasteiger partial charge >= 0.3 is 0 Å². The fourth-order valence-corrected chi connectivity index (χ4v) is 2.91. The van der Waals surface area contributed by atoms with Crippen molar-refractivity contribution < 1.29 is 5.11 Å². The summed E-state index contributed by atoms with van der Waals surface area (Å²) in [5.74, 6) is 0.793. The number of halogens is 1. The highest BCUT2D eigenvalue weighted by atomic mass is 35.5. The van der Waals surface area contributed by atoms with Crippen LogP contribution in [0.1, 0.15) is 49.8 Å². The summed E-state index contributed by atoms with van der Waals surface area (Å²) in [7, 11) is 0. The SMILES string of the molecule is CCCNC1CC(C)c2c(Cl)ccc(O)c21. The maximum Gasteiger partial charge on any atom is 0.120 e. The van der Waals surface area contributed by atoms with Crippen LogP contribution in [0, 0.1) is 0 Å². The Bertz CT molecular complexity index is 392. The predicted octanol–water partition coefficient (Wildman–Crippen LogP) is 3.59. The number of rotatable bonds is 3. The van der Waals surface area contributed by atoms with E-state index < -0.39 is 0 Å². The number of nitrogens with one attached hydrogen (secondary N) is 1. The van der Waals surface area contributed by atoms with Crippen molar-refractivity contribution in [2.45, 2.75) is 38.6 Å². The van der Waals surface area contributed by atoms with E-state index >= 15 is 0 Å². The Kier molecular flexibility index (Phi) is 3.41. The molecule has 2 atom stereocenters. The van der Waals surface area contributed by atoms with Gasteiger partial charge in [0.15, 0.2) is 0 Å². The average Bonchev–Trinajstić information content (AvgIpc) is 2.59. The van der Waals surface area contributed by atoms with E-state index in [2.05, 4.69) is 19.2 Å². The molecule has 1 aliphatic carbocycles. The van der Waals surface area contributed by atoms with Crippen molar-refractivity contribution in [3.63, 3.8) is 0 Å². The zero-order valence-electron chi connectivity index (χ0n) is 9.76. The fraction of sp³-hybridized carbons (Fsp3) is 0.538. The summed E-state index contributed by atoms with van der Waals surface area (Å²) < 4.78 is 0. The molecule has 2 N–H and O–H groups in total. The van der Waals surface area contributed by atoms with Crippen molar-refractivity contribution in [1.29, 1.82) is 0 Å². The first kappa shape index (κ1) is 11.7. The van der Waals surface area contributed by atoms with E-state index in [1.807, 2.05) is 0 Å². The van der Waals surface area contributed by atoms with Crippen molar-refractivity contribution in [2.75, 3.05) is 6.54 Å². The topological polar surface area (TPSA) is 32.3 Å². The minimum atomic E-state index is 0.253. The third kappa shape index (κ3) is 1.92. The van der Waals surface area contributed by atoms with E-state index in [9.17, 15) is 5.11 Å². The third-order valence-electron chi connectivity index (χ3n) is 3.28. The standard InChI is InChI=1S/C13H18ClNO/c1-3-6-15-10-7-8(2)12-9(14)4-5-11(16)13(10)12/h4-5,8,10,15-16H,3,6-7H2,1-2H3. The normalized spacial score (nSPS) is 23.4. The molecule has 2 rings (SSSR count). The molecule has 0 saturated carbocycles. The molecule has 2 unspecified atom stereocenters. The predicted molar refractivity (Wildman–Crippen MR) is 67.2 cm³/mol. The highest BCUT2D eigenvalue weighted by Crippen LogP contribution is 2.47. The minimum Gasteiger partial charge on any atom is -0.508 e. The second-order valence-electron chi connectivity index (χ2n) is 4.54. The first-order valence-electron chi connectivity index (χ1n) is 5.89. The molecule has 1 aliphatic rings. The van der Waals surface area contributed by atoms with Crippen LogP contribution in [0.3, 0.4) is 0 Å². The summed E-state index contributed by atoms with van der Waals surface area (Å²) in [4.78, 5) is 0. The number of fused-ring (bicyclic) bond motifs is 1. The molecule has 0 aromatic heterocycles. The van der Waals surface area contributed by atoms with Crippen molar-refractivity contribution >= 4 is 11.6 Å². The van der Waals surface area contributed by atoms with E-state index in [1.54, 1.807) is 12.1 Å². The Morgan fingerprint density at radius 2 is 2.19 bits per heavy atom. The number of hydrogen-bond donors (Lipinski definition) is 2. The average molecular weight is 240 g/mol. The smallest absolute Gasteiger partial charge is 0.120 e. The van der Waals surface area contributed by atoms with Crippen LogP contribution in [0.15, 0.2) is 12.1 Å². The first-order valence-corrected chi connectivity index (χ1v) is 6.27. The molecule has 16 heavy (non-hydrogen) atoms. The van der Waals surface area contributed by atoms with Gasteiger partial charge in [0.1, 0.15) is 5.75 Å². The van der Waals surface area contributed by atoms with Crippen LogP contribution in [0.5, 0.6) is 5.75 Å². The first-order chi connectivity index (χ1) is 7.65.